The van der Waals surface area contributed by atoms with Crippen LogP contribution in [-0.2, 0) is 19.6 Å². The first-order chi connectivity index (χ1) is 16.9. The molecular weight excluding hydrogens is 464 g/mol. The van der Waals surface area contributed by atoms with E-state index in [-0.39, 0.29) is 22.4 Å². The molecule has 1 aliphatic carbocycles. The van der Waals surface area contributed by atoms with Gasteiger partial charge in [0, 0.05) is 18.5 Å². The summed E-state index contributed by atoms with van der Waals surface area (Å²) in [6, 6.07) is 25.7. The Hall–Kier alpha value is -3.49. The van der Waals surface area contributed by atoms with Crippen molar-refractivity contribution in [2.45, 2.75) is 36.1 Å². The minimum Gasteiger partial charge on any atom is -0.452 e. The molecule has 4 rings (SSSR count). The topological polar surface area (TPSA) is 102 Å². The zero-order valence-electron chi connectivity index (χ0n) is 19.2. The van der Waals surface area contributed by atoms with Crippen LogP contribution in [-0.4, -0.2) is 39.5 Å². The summed E-state index contributed by atoms with van der Waals surface area (Å²) in [6.07, 6.45) is 2.31. The van der Waals surface area contributed by atoms with Crippen molar-refractivity contribution in [2.24, 2.45) is 0 Å². The molecule has 8 heteroatoms. The molecule has 0 saturated heterocycles. The molecule has 0 heterocycles. The summed E-state index contributed by atoms with van der Waals surface area (Å²) in [4.78, 5) is 24.7. The molecule has 0 radical (unpaired) electrons. The molecule has 0 atom stereocenters. The Balaban J connectivity index is 1.29. The van der Waals surface area contributed by atoms with E-state index in [1.54, 1.807) is 0 Å². The van der Waals surface area contributed by atoms with Crippen LogP contribution in [0.15, 0.2) is 89.8 Å². The number of rotatable bonds is 11. The van der Waals surface area contributed by atoms with E-state index in [0.29, 0.717) is 13.0 Å². The second-order valence-corrected chi connectivity index (χ2v) is 10.2. The number of benzene rings is 3. The fourth-order valence-corrected chi connectivity index (χ4v) is 5.15. The zero-order valence-corrected chi connectivity index (χ0v) is 20.0. The van der Waals surface area contributed by atoms with Crippen LogP contribution in [0.25, 0.3) is 0 Å². The second kappa shape index (κ2) is 11.3. The molecule has 3 aromatic carbocycles. The van der Waals surface area contributed by atoms with Crippen LogP contribution in [0.5, 0.6) is 0 Å². The minimum absolute atomic E-state index is 0.00355. The van der Waals surface area contributed by atoms with E-state index in [1.807, 2.05) is 36.4 Å². The quantitative estimate of drug-likeness (QED) is 0.398. The van der Waals surface area contributed by atoms with Crippen molar-refractivity contribution in [3.8, 4) is 0 Å². The van der Waals surface area contributed by atoms with E-state index >= 15 is 0 Å². The van der Waals surface area contributed by atoms with Crippen molar-refractivity contribution in [1.82, 2.24) is 10.0 Å². The lowest BCUT2D eigenvalue weighted by Gasteiger charge is -2.18. The summed E-state index contributed by atoms with van der Waals surface area (Å²) >= 11 is 0. The van der Waals surface area contributed by atoms with Crippen molar-refractivity contribution in [2.75, 3.05) is 13.2 Å². The molecule has 7 nitrogen and oxygen atoms in total. The molecule has 0 unspecified atom stereocenters. The third-order valence-electron chi connectivity index (χ3n) is 5.77. The van der Waals surface area contributed by atoms with E-state index < -0.39 is 28.5 Å². The molecule has 0 aliphatic heterocycles. The van der Waals surface area contributed by atoms with Gasteiger partial charge in [-0.2, -0.15) is 0 Å². The highest BCUT2D eigenvalue weighted by Crippen LogP contribution is 2.27. The van der Waals surface area contributed by atoms with Crippen LogP contribution in [0.2, 0.25) is 0 Å². The lowest BCUT2D eigenvalue weighted by molar-refractivity contribution is -0.124. The monoisotopic (exact) mass is 492 g/mol. The van der Waals surface area contributed by atoms with Crippen molar-refractivity contribution in [1.29, 1.82) is 0 Å². The fourth-order valence-electron chi connectivity index (χ4n) is 3.80. The van der Waals surface area contributed by atoms with Crippen molar-refractivity contribution in [3.05, 3.63) is 102 Å². The van der Waals surface area contributed by atoms with Crippen LogP contribution in [0.3, 0.4) is 0 Å². The Labute approximate surface area is 205 Å². The maximum Gasteiger partial charge on any atom is 0.338 e. The molecule has 3 aromatic rings. The second-order valence-electron chi connectivity index (χ2n) is 8.51. The summed E-state index contributed by atoms with van der Waals surface area (Å²) in [7, 11) is -3.69. The molecule has 1 aliphatic rings. The van der Waals surface area contributed by atoms with Gasteiger partial charge >= 0.3 is 5.97 Å². The van der Waals surface area contributed by atoms with Gasteiger partial charge in [-0.05, 0) is 48.6 Å². The molecule has 0 bridgehead atoms. The molecule has 1 fully saturated rings. The first-order valence-corrected chi connectivity index (χ1v) is 13.1. The number of hydrogen-bond donors (Lipinski definition) is 2. The largest absolute Gasteiger partial charge is 0.452 e. The molecule has 1 saturated carbocycles. The zero-order chi connectivity index (χ0) is 24.7. The Kier molecular flexibility index (Phi) is 7.94. The van der Waals surface area contributed by atoms with E-state index in [9.17, 15) is 18.0 Å². The standard InChI is InChI=1S/C27H28N2O5S/c30-26(28-17-16-25(20-8-3-1-4-9-20)21-10-5-2-6-11-21)19-34-27(31)22-12-7-13-24(18-22)35(32,33)29-23-14-15-23/h1-13,18,23,25,29H,14-17,19H2,(H,28,30). The maximum atomic E-state index is 12.4. The van der Waals surface area contributed by atoms with Crippen LogP contribution in [0.4, 0.5) is 0 Å². The molecule has 2 N–H and O–H groups in total. The van der Waals surface area contributed by atoms with Gasteiger partial charge in [0.25, 0.3) is 5.91 Å². The normalized spacial score (nSPS) is 13.4. The highest BCUT2D eigenvalue weighted by atomic mass is 32.2. The van der Waals surface area contributed by atoms with Crippen molar-refractivity contribution in [3.63, 3.8) is 0 Å². The summed E-state index contributed by atoms with van der Waals surface area (Å²) in [6.45, 7) is -0.0388. The van der Waals surface area contributed by atoms with Gasteiger partial charge in [-0.1, -0.05) is 66.7 Å². The lowest BCUT2D eigenvalue weighted by atomic mass is 9.88. The van der Waals surface area contributed by atoms with Gasteiger partial charge in [0.15, 0.2) is 6.61 Å². The smallest absolute Gasteiger partial charge is 0.338 e. The molecule has 182 valence electrons. The predicted octanol–water partition coefficient (Wildman–Crippen LogP) is 3.62. The first kappa shape index (κ1) is 24.6. The lowest BCUT2D eigenvalue weighted by Crippen LogP contribution is -2.30. The van der Waals surface area contributed by atoms with Crippen molar-refractivity contribution < 1.29 is 22.7 Å². The average molecular weight is 493 g/mol. The number of amides is 1. The number of ether oxygens (including phenoxy) is 1. The van der Waals surface area contributed by atoms with Gasteiger partial charge in [-0.25, -0.2) is 17.9 Å². The Morgan fingerprint density at radius 3 is 2.11 bits per heavy atom. The predicted molar refractivity (Wildman–Crippen MR) is 132 cm³/mol. The van der Waals surface area contributed by atoms with E-state index in [2.05, 4.69) is 34.3 Å². The van der Waals surface area contributed by atoms with E-state index in [0.717, 1.165) is 24.0 Å². The first-order valence-electron chi connectivity index (χ1n) is 11.6. The third-order valence-corrected chi connectivity index (χ3v) is 7.29. The number of nitrogens with one attached hydrogen (secondary N) is 2. The number of carbonyl (C=O) groups excluding carboxylic acids is 2. The molecule has 0 spiro atoms. The Morgan fingerprint density at radius 1 is 0.886 bits per heavy atom. The average Bonchev–Trinajstić information content (AvgIpc) is 3.69. The molecule has 35 heavy (non-hydrogen) atoms. The molecule has 1 amide bonds. The Morgan fingerprint density at radius 2 is 1.51 bits per heavy atom. The number of sulfonamides is 1. The van der Waals surface area contributed by atoms with Gasteiger partial charge in [0.1, 0.15) is 0 Å². The van der Waals surface area contributed by atoms with Crippen LogP contribution >= 0.6 is 0 Å². The number of esters is 1. The van der Waals surface area contributed by atoms with Crippen LogP contribution < -0.4 is 10.0 Å². The summed E-state index contributed by atoms with van der Waals surface area (Å²) < 4.78 is 32.4. The fraction of sp³-hybridized carbons (Fsp3) is 0.259. The van der Waals surface area contributed by atoms with E-state index in [4.69, 9.17) is 4.74 Å². The molecule has 0 aromatic heterocycles. The van der Waals surface area contributed by atoms with Gasteiger partial charge in [-0.3, -0.25) is 4.79 Å². The van der Waals surface area contributed by atoms with Gasteiger partial charge < -0.3 is 10.1 Å². The SMILES string of the molecule is O=C(COC(=O)c1cccc(S(=O)(=O)NC2CC2)c1)NCCC(c1ccccc1)c1ccccc1. The van der Waals surface area contributed by atoms with Gasteiger partial charge in [0.2, 0.25) is 10.0 Å². The molecular formula is C27H28N2O5S. The van der Waals surface area contributed by atoms with Gasteiger partial charge in [-0.15, -0.1) is 0 Å². The number of hydrogen-bond acceptors (Lipinski definition) is 5. The summed E-state index contributed by atoms with van der Waals surface area (Å²) in [5.41, 5.74) is 2.39. The van der Waals surface area contributed by atoms with Crippen molar-refractivity contribution >= 4 is 21.9 Å². The summed E-state index contributed by atoms with van der Waals surface area (Å²) in [5.74, 6) is -1.05. The highest BCUT2D eigenvalue weighted by molar-refractivity contribution is 7.89. The van der Waals surface area contributed by atoms with Crippen LogP contribution in [0, 0.1) is 0 Å². The highest BCUT2D eigenvalue weighted by Gasteiger charge is 2.28. The minimum atomic E-state index is -3.69. The van der Waals surface area contributed by atoms with E-state index in [1.165, 1.54) is 24.3 Å². The summed E-state index contributed by atoms with van der Waals surface area (Å²) in [5, 5.41) is 2.80. The van der Waals surface area contributed by atoms with Gasteiger partial charge in [0.05, 0.1) is 10.5 Å². The van der Waals surface area contributed by atoms with Crippen LogP contribution in [0.1, 0.15) is 46.7 Å². The maximum absolute atomic E-state index is 12.4. The third kappa shape index (κ3) is 7.00. The number of carbonyl (C=O) groups is 2. The Bertz CT molecular complexity index is 1220.